The average Bonchev–Trinajstić information content (AvgIpc) is 2.56. The van der Waals surface area contributed by atoms with Gasteiger partial charge < -0.3 is 10.1 Å². The van der Waals surface area contributed by atoms with E-state index in [9.17, 15) is 0 Å². The highest BCUT2D eigenvalue weighted by atomic mass is 79.9. The van der Waals surface area contributed by atoms with E-state index in [0.717, 1.165) is 22.1 Å². The summed E-state index contributed by atoms with van der Waals surface area (Å²) in [6.07, 6.45) is 1.62. The maximum Gasteiger partial charge on any atom is 0.186 e. The highest BCUT2D eigenvalue weighted by molar-refractivity contribution is 9.10. The van der Waals surface area contributed by atoms with Gasteiger partial charge in [-0.1, -0.05) is 41.4 Å². The largest absolute Gasteiger partial charge is 0.486 e. The number of thiocarbonyl (C=S) groups is 1. The SMILES string of the molecule is CCNC(=S)N/N=C\c1cc(Cl)c(OCc2ccccc2Cl)c(Br)c1. The molecular weight excluding hydrogens is 445 g/mol. The van der Waals surface area contributed by atoms with E-state index >= 15 is 0 Å². The molecule has 0 fully saturated rings. The molecular formula is C17H16BrCl2N3OS. The number of ether oxygens (including phenoxy) is 1. The Morgan fingerprint density at radius 3 is 2.72 bits per heavy atom. The van der Waals surface area contributed by atoms with Crippen molar-refractivity contribution >= 4 is 62.7 Å². The van der Waals surface area contributed by atoms with E-state index in [1.807, 2.05) is 37.3 Å². The monoisotopic (exact) mass is 459 g/mol. The van der Waals surface area contributed by atoms with Crippen LogP contribution < -0.4 is 15.5 Å². The molecule has 0 amide bonds. The predicted octanol–water partition coefficient (Wildman–Crippen LogP) is 5.15. The molecule has 0 heterocycles. The molecule has 0 saturated carbocycles. The third kappa shape index (κ3) is 6.15. The van der Waals surface area contributed by atoms with Gasteiger partial charge in [0.25, 0.3) is 0 Å². The summed E-state index contributed by atoms with van der Waals surface area (Å²) >= 11 is 21.0. The Balaban J connectivity index is 2.05. The van der Waals surface area contributed by atoms with Crippen molar-refractivity contribution in [1.29, 1.82) is 0 Å². The van der Waals surface area contributed by atoms with Crippen molar-refractivity contribution in [2.24, 2.45) is 5.10 Å². The lowest BCUT2D eigenvalue weighted by atomic mass is 10.2. The highest BCUT2D eigenvalue weighted by Crippen LogP contribution is 2.35. The van der Waals surface area contributed by atoms with E-state index in [1.54, 1.807) is 12.3 Å². The Hall–Kier alpha value is -1.34. The molecule has 2 rings (SSSR count). The first-order valence-corrected chi connectivity index (χ1v) is 9.39. The lowest BCUT2D eigenvalue weighted by Gasteiger charge is -2.12. The van der Waals surface area contributed by atoms with E-state index in [2.05, 4.69) is 31.8 Å². The fourth-order valence-electron chi connectivity index (χ4n) is 1.92. The van der Waals surface area contributed by atoms with Gasteiger partial charge in [-0.2, -0.15) is 5.10 Å². The molecule has 0 bridgehead atoms. The molecule has 25 heavy (non-hydrogen) atoms. The van der Waals surface area contributed by atoms with Crippen LogP contribution in [0.1, 0.15) is 18.1 Å². The van der Waals surface area contributed by atoms with Gasteiger partial charge in [-0.3, -0.25) is 5.43 Å². The van der Waals surface area contributed by atoms with E-state index in [1.165, 1.54) is 0 Å². The topological polar surface area (TPSA) is 45.7 Å². The fourth-order valence-corrected chi connectivity index (χ4v) is 3.30. The summed E-state index contributed by atoms with van der Waals surface area (Å²) < 4.78 is 6.53. The van der Waals surface area contributed by atoms with Crippen molar-refractivity contribution in [3.63, 3.8) is 0 Å². The van der Waals surface area contributed by atoms with E-state index in [-0.39, 0.29) is 0 Å². The Morgan fingerprint density at radius 2 is 2.04 bits per heavy atom. The number of halogens is 3. The Kier molecular flexibility index (Phi) is 7.96. The van der Waals surface area contributed by atoms with Crippen LogP contribution in [0, 0.1) is 0 Å². The lowest BCUT2D eigenvalue weighted by Crippen LogP contribution is -2.31. The summed E-state index contributed by atoms with van der Waals surface area (Å²) in [4.78, 5) is 0. The number of rotatable bonds is 6. The van der Waals surface area contributed by atoms with Gasteiger partial charge in [0.1, 0.15) is 6.61 Å². The van der Waals surface area contributed by atoms with Gasteiger partial charge in [-0.05, 0) is 58.8 Å². The lowest BCUT2D eigenvalue weighted by molar-refractivity contribution is 0.304. The third-order valence-corrected chi connectivity index (χ3v) is 4.54. The molecule has 2 aromatic carbocycles. The molecule has 0 aliphatic carbocycles. The molecule has 0 spiro atoms. The van der Waals surface area contributed by atoms with Crippen LogP contribution in [0.3, 0.4) is 0 Å². The number of hydrogen-bond donors (Lipinski definition) is 2. The third-order valence-electron chi connectivity index (χ3n) is 3.07. The number of benzene rings is 2. The van der Waals surface area contributed by atoms with Crippen molar-refractivity contribution in [1.82, 2.24) is 10.7 Å². The summed E-state index contributed by atoms with van der Waals surface area (Å²) in [6, 6.07) is 11.1. The molecule has 0 aromatic heterocycles. The molecule has 0 unspecified atom stereocenters. The second-order valence-electron chi connectivity index (χ2n) is 4.92. The van der Waals surface area contributed by atoms with Crippen LogP contribution in [0.2, 0.25) is 10.0 Å². The quantitative estimate of drug-likeness (QED) is 0.355. The van der Waals surface area contributed by atoms with Crippen LogP contribution in [0.15, 0.2) is 46.0 Å². The minimum absolute atomic E-state index is 0.323. The molecule has 4 nitrogen and oxygen atoms in total. The number of hydrazone groups is 1. The van der Waals surface area contributed by atoms with Crippen molar-refractivity contribution in [3.05, 3.63) is 62.0 Å². The first kappa shape index (κ1) is 20.0. The summed E-state index contributed by atoms with van der Waals surface area (Å²) in [6.45, 7) is 3.01. The van der Waals surface area contributed by atoms with Crippen molar-refractivity contribution < 1.29 is 4.74 Å². The fraction of sp³-hybridized carbons (Fsp3) is 0.176. The molecule has 0 aliphatic heterocycles. The van der Waals surface area contributed by atoms with Crippen LogP contribution >= 0.6 is 51.3 Å². The first-order valence-electron chi connectivity index (χ1n) is 7.43. The molecule has 132 valence electrons. The minimum atomic E-state index is 0.323. The molecule has 8 heteroatoms. The van der Waals surface area contributed by atoms with Gasteiger partial charge in [-0.15, -0.1) is 0 Å². The van der Waals surface area contributed by atoms with Crippen molar-refractivity contribution in [2.45, 2.75) is 13.5 Å². The van der Waals surface area contributed by atoms with Gasteiger partial charge in [0.15, 0.2) is 10.9 Å². The minimum Gasteiger partial charge on any atom is -0.486 e. The molecule has 0 aliphatic rings. The van der Waals surface area contributed by atoms with Gasteiger partial charge in [0.05, 0.1) is 15.7 Å². The molecule has 0 radical (unpaired) electrons. The summed E-state index contributed by atoms with van der Waals surface area (Å²) in [5.41, 5.74) is 4.41. The molecule has 0 saturated heterocycles. The molecule has 0 atom stereocenters. The first-order chi connectivity index (χ1) is 12.0. The second kappa shape index (κ2) is 9.97. The number of nitrogens with zero attached hydrogens (tertiary/aromatic N) is 1. The zero-order valence-corrected chi connectivity index (χ0v) is 17.3. The second-order valence-corrected chi connectivity index (χ2v) is 7.00. The van der Waals surface area contributed by atoms with Crippen molar-refractivity contribution in [3.8, 4) is 5.75 Å². The van der Waals surface area contributed by atoms with E-state index in [4.69, 9.17) is 40.2 Å². The number of nitrogens with one attached hydrogen (secondary N) is 2. The number of hydrogen-bond acceptors (Lipinski definition) is 3. The maximum atomic E-state index is 6.32. The highest BCUT2D eigenvalue weighted by Gasteiger charge is 2.10. The zero-order chi connectivity index (χ0) is 18.2. The molecule has 2 aromatic rings. The normalized spacial score (nSPS) is 10.7. The van der Waals surface area contributed by atoms with Crippen molar-refractivity contribution in [2.75, 3.05) is 6.54 Å². The Morgan fingerprint density at radius 1 is 1.28 bits per heavy atom. The zero-order valence-electron chi connectivity index (χ0n) is 13.4. The average molecular weight is 461 g/mol. The summed E-state index contributed by atoms with van der Waals surface area (Å²) in [5, 5.41) is 8.59. The summed E-state index contributed by atoms with van der Waals surface area (Å²) in [5.74, 6) is 0.551. The van der Waals surface area contributed by atoms with Crippen LogP contribution in [0.25, 0.3) is 0 Å². The smallest absolute Gasteiger partial charge is 0.186 e. The Labute approximate surface area is 170 Å². The van der Waals surface area contributed by atoms with Gasteiger partial charge in [-0.25, -0.2) is 0 Å². The van der Waals surface area contributed by atoms with Crippen LogP contribution in [0.5, 0.6) is 5.75 Å². The van der Waals surface area contributed by atoms with E-state index in [0.29, 0.717) is 27.5 Å². The van der Waals surface area contributed by atoms with Crippen LogP contribution in [-0.4, -0.2) is 17.9 Å². The van der Waals surface area contributed by atoms with Gasteiger partial charge in [0.2, 0.25) is 0 Å². The van der Waals surface area contributed by atoms with Crippen LogP contribution in [0.4, 0.5) is 0 Å². The summed E-state index contributed by atoms with van der Waals surface area (Å²) in [7, 11) is 0. The van der Waals surface area contributed by atoms with E-state index < -0.39 is 0 Å². The van der Waals surface area contributed by atoms with Gasteiger partial charge in [0, 0.05) is 17.1 Å². The molecule has 2 N–H and O–H groups in total. The predicted molar refractivity (Wildman–Crippen MR) is 112 cm³/mol. The maximum absolute atomic E-state index is 6.32. The van der Waals surface area contributed by atoms with Gasteiger partial charge >= 0.3 is 0 Å². The standard InChI is InChI=1S/C17H16BrCl2N3OS/c1-2-21-17(25)23-22-9-11-7-13(18)16(15(20)8-11)24-10-12-5-3-4-6-14(12)19/h3-9H,2,10H2,1H3,(H2,21,23,25)/b22-9-. The Bertz CT molecular complexity index is 763. The van der Waals surface area contributed by atoms with Crippen LogP contribution in [-0.2, 0) is 6.61 Å².